The molecule has 0 unspecified atom stereocenters. The molecule has 2 fully saturated rings. The Morgan fingerprint density at radius 3 is 1.63 bits per heavy atom. The fourth-order valence-corrected chi connectivity index (χ4v) is 14.6. The number of aryl methyl sites for hydroxylation is 1. The highest BCUT2D eigenvalue weighted by molar-refractivity contribution is 7.22. The Kier molecular flexibility index (Phi) is 15.7. The number of hydrogen-bond donors (Lipinski definition) is 6. The van der Waals surface area contributed by atoms with Crippen molar-refractivity contribution in [2.75, 3.05) is 83.4 Å². The SMILES string of the molecule is CC(C)(C)CN1CCC2(CC1)CN(c1ccccc1NC(=O)Nc1nc3ccc(F)nc3s1)c1c(O)ccc(C#N)c12.Cc1ccc2nc(NC(=O)Nc3ccccc3N3CC4(CCN(CC(C)(C)C)CC4)c4c(Cl)c(F)cc(O)c43)sc2n1. The van der Waals surface area contributed by atoms with Gasteiger partial charge in [-0.3, -0.25) is 10.6 Å². The number of pyridine rings is 2. The van der Waals surface area contributed by atoms with Gasteiger partial charge in [0.2, 0.25) is 5.95 Å². The van der Waals surface area contributed by atoms with Gasteiger partial charge in [0.05, 0.1) is 50.8 Å². The van der Waals surface area contributed by atoms with Crippen LogP contribution in [0, 0.1) is 40.8 Å². The lowest BCUT2D eigenvalue weighted by atomic mass is 9.72. The second-order valence-electron chi connectivity index (χ2n) is 24.8. The summed E-state index contributed by atoms with van der Waals surface area (Å²) in [7, 11) is 0. The molecule has 84 heavy (non-hydrogen) atoms. The number of nitrogens with zero attached hydrogens (tertiary/aromatic N) is 9. The number of halogens is 3. The number of nitrogens with one attached hydrogen (secondary N) is 4. The molecule has 4 aromatic heterocycles. The number of piperidine rings is 2. The summed E-state index contributed by atoms with van der Waals surface area (Å²) in [5, 5.41) is 44.5. The molecule has 4 aliphatic heterocycles. The van der Waals surface area contributed by atoms with Gasteiger partial charge in [-0.25, -0.2) is 33.9 Å². The van der Waals surface area contributed by atoms with Gasteiger partial charge in [-0.15, -0.1) is 0 Å². The number of anilines is 8. The standard InChI is InChI=1S/C31H34ClFN6O2S.C31H32FN7O2S/c1-18-9-10-21-27(34-18)42-29(36-21)37-28(41)35-20-7-5-6-8-22(20)39-17-31(11-13-38(14-12-31)16-30(2,3)4)24-25(32)19(33)15-23(40)26(24)39;1-30(2,3)17-38-14-12-31(13-15-38)18-39(26-23(40)10-8-19(16-33)25(26)31)22-7-5-4-6-20(22)34-28(41)37-29-35-21-9-11-24(32)36-27(21)42-29/h5-10,15,40H,11-14,16-17H2,1-4H3,(H2,35,36,37,41);4-11,40H,12-15,17-18H2,1-3H3,(H2,34,35,37,41). The third kappa shape index (κ3) is 11.9. The minimum Gasteiger partial charge on any atom is -0.506 e. The molecule has 22 heteroatoms. The van der Waals surface area contributed by atoms with E-state index in [1.165, 1.54) is 23.5 Å². The lowest BCUT2D eigenvalue weighted by molar-refractivity contribution is 0.125. The van der Waals surface area contributed by atoms with Crippen molar-refractivity contribution >= 4 is 111 Å². The van der Waals surface area contributed by atoms with Crippen molar-refractivity contribution in [1.29, 1.82) is 5.26 Å². The first-order valence-corrected chi connectivity index (χ1v) is 30.0. The number of carbonyl (C=O) groups excluding carboxylic acids is 2. The molecular weight excluding hydrogens is 1130 g/mol. The molecule has 4 aliphatic rings. The van der Waals surface area contributed by atoms with Crippen molar-refractivity contribution in [2.45, 2.75) is 85.0 Å². The molecule has 6 N–H and O–H groups in total. The van der Waals surface area contributed by atoms with E-state index in [9.17, 15) is 33.8 Å². The van der Waals surface area contributed by atoms with Crippen LogP contribution in [0.15, 0.2) is 91.0 Å². The minimum atomic E-state index is -0.627. The maximum Gasteiger partial charge on any atom is 0.325 e. The third-order valence-electron chi connectivity index (χ3n) is 15.9. The number of amides is 4. The molecule has 2 saturated heterocycles. The number of urea groups is 2. The van der Waals surface area contributed by atoms with Crippen LogP contribution in [0.2, 0.25) is 5.02 Å². The second-order valence-corrected chi connectivity index (χ2v) is 27.1. The van der Waals surface area contributed by atoms with Crippen molar-refractivity contribution < 1.29 is 28.6 Å². The van der Waals surface area contributed by atoms with Crippen LogP contribution in [0.3, 0.4) is 0 Å². The quantitative estimate of drug-likeness (QED) is 0.0783. The van der Waals surface area contributed by atoms with E-state index in [2.05, 4.69) is 98.6 Å². The lowest BCUT2D eigenvalue weighted by Crippen LogP contribution is -2.47. The highest BCUT2D eigenvalue weighted by Crippen LogP contribution is 2.58. The number of para-hydroxylation sites is 4. The summed E-state index contributed by atoms with van der Waals surface area (Å²) in [5.41, 5.74) is 7.36. The highest BCUT2D eigenvalue weighted by Gasteiger charge is 2.50. The molecule has 0 aliphatic carbocycles. The normalized spacial score (nSPS) is 16.5. The van der Waals surface area contributed by atoms with Crippen LogP contribution >= 0.6 is 34.3 Å². The van der Waals surface area contributed by atoms with Crippen molar-refractivity contribution in [1.82, 2.24) is 29.7 Å². The first-order valence-electron chi connectivity index (χ1n) is 28.0. The van der Waals surface area contributed by atoms with Gasteiger partial charge in [0.1, 0.15) is 38.0 Å². The Morgan fingerprint density at radius 2 is 1.12 bits per heavy atom. The van der Waals surface area contributed by atoms with Crippen LogP contribution in [-0.2, 0) is 10.8 Å². The topological polar surface area (TPSA) is 211 Å². The number of likely N-dealkylation sites (tertiary alicyclic amines) is 2. The number of rotatable bonds is 8. The van der Waals surface area contributed by atoms with Gasteiger partial charge in [0.25, 0.3) is 0 Å². The summed E-state index contributed by atoms with van der Waals surface area (Å²) < 4.78 is 28.5. The zero-order valence-corrected chi connectivity index (χ0v) is 50.2. The zero-order valence-electron chi connectivity index (χ0n) is 47.8. The van der Waals surface area contributed by atoms with E-state index in [4.69, 9.17) is 11.6 Å². The molecule has 17 nitrogen and oxygen atoms in total. The Hall–Kier alpha value is -7.74. The van der Waals surface area contributed by atoms with Crippen LogP contribution in [0.25, 0.3) is 20.7 Å². The predicted octanol–water partition coefficient (Wildman–Crippen LogP) is 14.3. The van der Waals surface area contributed by atoms with E-state index >= 15 is 0 Å². The molecule has 0 radical (unpaired) electrons. The van der Waals surface area contributed by atoms with Gasteiger partial charge in [-0.1, -0.05) is 100 Å². The summed E-state index contributed by atoms with van der Waals surface area (Å²) in [5.74, 6) is -1.30. The average Bonchev–Trinajstić information content (AvgIpc) is 2.36. The Balaban J connectivity index is 0.000000175. The predicted molar refractivity (Wildman–Crippen MR) is 331 cm³/mol. The van der Waals surface area contributed by atoms with Gasteiger partial charge in [0, 0.05) is 59.9 Å². The highest BCUT2D eigenvalue weighted by atomic mass is 35.5. The molecule has 2 spiro atoms. The van der Waals surface area contributed by atoms with E-state index in [0.29, 0.717) is 84.5 Å². The molecule has 436 valence electrons. The molecule has 4 amide bonds. The number of aromatic hydroxyl groups is 2. The lowest BCUT2D eigenvalue weighted by Gasteiger charge is -2.42. The summed E-state index contributed by atoms with van der Waals surface area (Å²) in [4.78, 5) is 53.4. The van der Waals surface area contributed by atoms with E-state index < -0.39 is 29.2 Å². The number of benzene rings is 4. The Labute approximate surface area is 499 Å². The van der Waals surface area contributed by atoms with Crippen molar-refractivity contribution in [2.24, 2.45) is 10.8 Å². The zero-order chi connectivity index (χ0) is 59.5. The number of nitriles is 1. The first kappa shape index (κ1) is 58.1. The van der Waals surface area contributed by atoms with Crippen LogP contribution in [-0.4, -0.2) is 104 Å². The number of aromatic nitrogens is 4. The van der Waals surface area contributed by atoms with Crippen molar-refractivity contribution in [3.8, 4) is 17.6 Å². The van der Waals surface area contributed by atoms with E-state index in [0.717, 1.165) is 98.4 Å². The summed E-state index contributed by atoms with van der Waals surface area (Å²) in [6, 6.07) is 27.1. The average molecular weight is 1190 g/mol. The molecule has 4 aromatic carbocycles. The number of phenols is 2. The van der Waals surface area contributed by atoms with Crippen LogP contribution in [0.4, 0.5) is 62.8 Å². The smallest absolute Gasteiger partial charge is 0.325 e. The fraction of sp³-hybridized carbons (Fsp3) is 0.371. The molecule has 0 bridgehead atoms. The number of carbonyl (C=O) groups is 2. The van der Waals surface area contributed by atoms with Crippen LogP contribution < -0.4 is 31.1 Å². The molecular formula is C62H66ClF2N13O4S2. The fourth-order valence-electron chi connectivity index (χ4n) is 12.6. The monoisotopic (exact) mass is 1190 g/mol. The maximum atomic E-state index is 15.0. The maximum absolute atomic E-state index is 15.0. The first-order chi connectivity index (χ1) is 40.0. The molecule has 12 rings (SSSR count). The van der Waals surface area contributed by atoms with Gasteiger partial charge in [-0.2, -0.15) is 9.65 Å². The summed E-state index contributed by atoms with van der Waals surface area (Å²) >= 11 is 9.05. The second kappa shape index (κ2) is 22.7. The number of hydrogen-bond acceptors (Lipinski definition) is 15. The van der Waals surface area contributed by atoms with Crippen molar-refractivity contribution in [3.05, 3.63) is 130 Å². The van der Waals surface area contributed by atoms with Crippen LogP contribution in [0.1, 0.15) is 89.6 Å². The van der Waals surface area contributed by atoms with Gasteiger partial charge < -0.3 is 40.4 Å². The van der Waals surface area contributed by atoms with Gasteiger partial charge >= 0.3 is 12.1 Å². The van der Waals surface area contributed by atoms with Gasteiger partial charge in [-0.05, 0) is 130 Å². The molecule has 0 atom stereocenters. The molecule has 8 aromatic rings. The number of thiazole rings is 2. The van der Waals surface area contributed by atoms with E-state index in [-0.39, 0.29) is 32.8 Å². The van der Waals surface area contributed by atoms with Gasteiger partial charge in [0.15, 0.2) is 10.3 Å². The Bertz CT molecular complexity index is 3900. The van der Waals surface area contributed by atoms with Crippen molar-refractivity contribution in [3.63, 3.8) is 0 Å². The van der Waals surface area contributed by atoms with Crippen LogP contribution in [0.5, 0.6) is 11.5 Å². The largest absolute Gasteiger partial charge is 0.506 e. The molecule has 8 heterocycles. The summed E-state index contributed by atoms with van der Waals surface area (Å²) in [6.45, 7) is 21.8. The number of fused-ring (bicyclic) bond motifs is 6. The summed E-state index contributed by atoms with van der Waals surface area (Å²) in [6.07, 6.45) is 3.26. The Morgan fingerprint density at radius 1 is 0.643 bits per heavy atom. The number of phenolic OH excluding ortho intramolecular Hbond substituents is 2. The minimum absolute atomic E-state index is 0.0532. The molecule has 0 saturated carbocycles. The third-order valence-corrected chi connectivity index (χ3v) is 18.1. The van der Waals surface area contributed by atoms with E-state index in [1.54, 1.807) is 24.3 Å². The van der Waals surface area contributed by atoms with E-state index in [1.807, 2.05) is 65.3 Å².